The number of nitrogens with zero attached hydrogens (tertiary/aromatic N) is 3. The highest BCUT2D eigenvalue weighted by Crippen LogP contribution is 2.33. The monoisotopic (exact) mass is 250 g/mol. The number of aromatic nitrogens is 3. The molecule has 1 aromatic heterocycles. The Balaban J connectivity index is 1.99. The quantitative estimate of drug-likeness (QED) is 0.870. The molecule has 1 heterocycles. The summed E-state index contributed by atoms with van der Waals surface area (Å²) in [5.74, 6) is 3.27. The Bertz CT molecular complexity index is 372. The van der Waals surface area contributed by atoms with E-state index in [4.69, 9.17) is 0 Å². The molecule has 1 saturated carbocycles. The van der Waals surface area contributed by atoms with E-state index in [1.807, 2.05) is 0 Å². The second-order valence-electron chi connectivity index (χ2n) is 6.05. The summed E-state index contributed by atoms with van der Waals surface area (Å²) < 4.78 is 2.09. The van der Waals surface area contributed by atoms with E-state index in [1.165, 1.54) is 12.8 Å². The van der Waals surface area contributed by atoms with Gasteiger partial charge in [-0.25, -0.2) is 9.67 Å². The van der Waals surface area contributed by atoms with Crippen LogP contribution < -0.4 is 5.32 Å². The molecule has 4 heteroatoms. The second kappa shape index (κ2) is 5.83. The van der Waals surface area contributed by atoms with E-state index < -0.39 is 0 Å². The molecule has 1 aliphatic rings. The highest BCUT2D eigenvalue weighted by molar-refractivity contribution is 4.94. The fraction of sp³-hybridized carbons (Fsp3) is 0.857. The molecule has 0 aromatic carbocycles. The van der Waals surface area contributed by atoms with Gasteiger partial charge >= 0.3 is 0 Å². The molecule has 0 amide bonds. The van der Waals surface area contributed by atoms with Crippen LogP contribution in [0.4, 0.5) is 0 Å². The summed E-state index contributed by atoms with van der Waals surface area (Å²) in [6, 6.07) is 0.677. The maximum Gasteiger partial charge on any atom is 0.138 e. The molecule has 18 heavy (non-hydrogen) atoms. The maximum absolute atomic E-state index is 4.45. The van der Waals surface area contributed by atoms with Crippen LogP contribution in [0.25, 0.3) is 0 Å². The normalized spacial score (nSPS) is 28.2. The van der Waals surface area contributed by atoms with Crippen LogP contribution in [0, 0.1) is 17.8 Å². The molecule has 4 nitrogen and oxygen atoms in total. The zero-order valence-electron chi connectivity index (χ0n) is 12.1. The van der Waals surface area contributed by atoms with Crippen LogP contribution in [0.1, 0.15) is 39.4 Å². The Morgan fingerprint density at radius 1 is 1.44 bits per heavy atom. The van der Waals surface area contributed by atoms with Crippen LogP contribution in [0.2, 0.25) is 0 Å². The molecule has 0 aliphatic heterocycles. The summed E-state index contributed by atoms with van der Waals surface area (Å²) in [5, 5.41) is 7.78. The zero-order valence-corrected chi connectivity index (χ0v) is 12.1. The third-order valence-corrected chi connectivity index (χ3v) is 4.28. The first-order valence-electron chi connectivity index (χ1n) is 7.15. The van der Waals surface area contributed by atoms with Crippen molar-refractivity contribution in [2.45, 2.75) is 52.6 Å². The van der Waals surface area contributed by atoms with Crippen molar-refractivity contribution in [3.8, 4) is 0 Å². The van der Waals surface area contributed by atoms with Crippen molar-refractivity contribution < 1.29 is 0 Å². The Morgan fingerprint density at radius 2 is 2.22 bits per heavy atom. The summed E-state index contributed by atoms with van der Waals surface area (Å²) in [5.41, 5.74) is 0. The minimum Gasteiger partial charge on any atom is -0.317 e. The summed E-state index contributed by atoms with van der Waals surface area (Å²) >= 11 is 0. The van der Waals surface area contributed by atoms with Crippen molar-refractivity contribution >= 4 is 0 Å². The number of nitrogens with one attached hydrogen (secondary N) is 1. The fourth-order valence-electron chi connectivity index (χ4n) is 3.12. The van der Waals surface area contributed by atoms with Crippen LogP contribution in [0.3, 0.4) is 0 Å². The maximum atomic E-state index is 4.45. The minimum absolute atomic E-state index is 0.622. The lowest BCUT2D eigenvalue weighted by Gasteiger charge is -2.20. The first kappa shape index (κ1) is 13.5. The van der Waals surface area contributed by atoms with Gasteiger partial charge in [-0.05, 0) is 37.6 Å². The SMILES string of the molecule is CNC1CCC(Cc2ncnn2CC(C)C)C1C. The van der Waals surface area contributed by atoms with E-state index >= 15 is 0 Å². The second-order valence-corrected chi connectivity index (χ2v) is 6.05. The van der Waals surface area contributed by atoms with Gasteiger partial charge in [-0.2, -0.15) is 5.10 Å². The van der Waals surface area contributed by atoms with Crippen LogP contribution >= 0.6 is 0 Å². The molecular weight excluding hydrogens is 224 g/mol. The van der Waals surface area contributed by atoms with Gasteiger partial charge in [0, 0.05) is 19.0 Å². The molecule has 102 valence electrons. The van der Waals surface area contributed by atoms with Gasteiger partial charge in [0.1, 0.15) is 12.2 Å². The summed E-state index contributed by atoms with van der Waals surface area (Å²) in [6.07, 6.45) is 5.38. The third kappa shape index (κ3) is 2.91. The van der Waals surface area contributed by atoms with Crippen molar-refractivity contribution in [2.24, 2.45) is 17.8 Å². The molecule has 1 aliphatic carbocycles. The van der Waals surface area contributed by atoms with Crippen LogP contribution in [0.15, 0.2) is 6.33 Å². The van der Waals surface area contributed by atoms with Crippen LogP contribution in [-0.4, -0.2) is 27.9 Å². The average molecular weight is 250 g/mol. The van der Waals surface area contributed by atoms with Crippen LogP contribution in [0.5, 0.6) is 0 Å². The van der Waals surface area contributed by atoms with Gasteiger partial charge < -0.3 is 5.32 Å². The zero-order chi connectivity index (χ0) is 13.1. The Labute approximate surface area is 110 Å². The van der Waals surface area contributed by atoms with Crippen molar-refractivity contribution in [3.63, 3.8) is 0 Å². The molecule has 1 aromatic rings. The molecular formula is C14H26N4. The van der Waals surface area contributed by atoms with Gasteiger partial charge in [0.25, 0.3) is 0 Å². The first-order valence-corrected chi connectivity index (χ1v) is 7.15. The van der Waals surface area contributed by atoms with E-state index in [-0.39, 0.29) is 0 Å². The lowest BCUT2D eigenvalue weighted by molar-refractivity contribution is 0.349. The molecule has 0 spiro atoms. The molecule has 1 N–H and O–H groups in total. The third-order valence-electron chi connectivity index (χ3n) is 4.28. The van der Waals surface area contributed by atoms with Crippen molar-refractivity contribution in [1.29, 1.82) is 0 Å². The number of rotatable bonds is 5. The van der Waals surface area contributed by atoms with Crippen molar-refractivity contribution in [3.05, 3.63) is 12.2 Å². The number of hydrogen-bond acceptors (Lipinski definition) is 3. The number of hydrogen-bond donors (Lipinski definition) is 1. The van der Waals surface area contributed by atoms with E-state index in [9.17, 15) is 0 Å². The fourth-order valence-corrected chi connectivity index (χ4v) is 3.12. The van der Waals surface area contributed by atoms with Gasteiger partial charge in [-0.15, -0.1) is 0 Å². The van der Waals surface area contributed by atoms with Gasteiger partial charge in [0.15, 0.2) is 0 Å². The predicted octanol–water partition coefficient (Wildman–Crippen LogP) is 2.11. The molecule has 0 radical (unpaired) electrons. The molecule has 2 rings (SSSR count). The van der Waals surface area contributed by atoms with Gasteiger partial charge in [0.2, 0.25) is 0 Å². The summed E-state index contributed by atoms with van der Waals surface area (Å²) in [4.78, 5) is 4.45. The topological polar surface area (TPSA) is 42.7 Å². The Hall–Kier alpha value is -0.900. The smallest absolute Gasteiger partial charge is 0.138 e. The first-order chi connectivity index (χ1) is 8.61. The van der Waals surface area contributed by atoms with E-state index in [0.717, 1.165) is 30.6 Å². The van der Waals surface area contributed by atoms with Crippen LogP contribution in [-0.2, 0) is 13.0 Å². The molecule has 0 saturated heterocycles. The van der Waals surface area contributed by atoms with Crippen molar-refractivity contribution in [1.82, 2.24) is 20.1 Å². The lowest BCUT2D eigenvalue weighted by Crippen LogP contribution is -2.30. The predicted molar refractivity (Wildman–Crippen MR) is 73.3 cm³/mol. The molecule has 0 bridgehead atoms. The molecule has 1 fully saturated rings. The van der Waals surface area contributed by atoms with E-state index in [0.29, 0.717) is 12.0 Å². The lowest BCUT2D eigenvalue weighted by atomic mass is 9.92. The van der Waals surface area contributed by atoms with Gasteiger partial charge in [-0.1, -0.05) is 20.8 Å². The van der Waals surface area contributed by atoms with E-state index in [2.05, 4.69) is 47.9 Å². The van der Waals surface area contributed by atoms with E-state index in [1.54, 1.807) is 6.33 Å². The Morgan fingerprint density at radius 3 is 2.83 bits per heavy atom. The Kier molecular flexibility index (Phi) is 4.38. The molecule has 3 atom stereocenters. The highest BCUT2D eigenvalue weighted by Gasteiger charge is 2.32. The van der Waals surface area contributed by atoms with Gasteiger partial charge in [0.05, 0.1) is 0 Å². The largest absolute Gasteiger partial charge is 0.317 e. The molecule has 3 unspecified atom stereocenters. The summed E-state index contributed by atoms with van der Waals surface area (Å²) in [7, 11) is 2.07. The van der Waals surface area contributed by atoms with Gasteiger partial charge in [-0.3, -0.25) is 0 Å². The summed E-state index contributed by atoms with van der Waals surface area (Å²) in [6.45, 7) is 7.79. The highest BCUT2D eigenvalue weighted by atomic mass is 15.3. The van der Waals surface area contributed by atoms with Crippen molar-refractivity contribution in [2.75, 3.05) is 7.05 Å². The standard InChI is InChI=1S/C14H26N4/c1-10(2)8-18-14(16-9-17-18)7-12-5-6-13(15-4)11(12)3/h9-13,15H,5-8H2,1-4H3. The average Bonchev–Trinajstić information content (AvgIpc) is 2.88. The minimum atomic E-state index is 0.622.